The van der Waals surface area contributed by atoms with Crippen LogP contribution in [0.4, 0.5) is 0 Å². The lowest BCUT2D eigenvalue weighted by Gasteiger charge is -2.23. The van der Waals surface area contributed by atoms with Gasteiger partial charge in [-0.05, 0) is 19.1 Å². The fourth-order valence-electron chi connectivity index (χ4n) is 2.13. The van der Waals surface area contributed by atoms with Crippen LogP contribution < -0.4 is 4.74 Å². The maximum Gasteiger partial charge on any atom is 0.339 e. The Kier molecular flexibility index (Phi) is 1.98. The molecule has 0 bridgehead atoms. The highest BCUT2D eigenvalue weighted by Crippen LogP contribution is 2.44. The third-order valence-electron chi connectivity index (χ3n) is 2.89. The molecule has 1 aromatic heterocycles. The van der Waals surface area contributed by atoms with Crippen molar-refractivity contribution in [3.63, 3.8) is 0 Å². The van der Waals surface area contributed by atoms with Crippen LogP contribution in [0.3, 0.4) is 0 Å². The highest BCUT2D eigenvalue weighted by atomic mass is 16.5. The first-order valence-electron chi connectivity index (χ1n) is 5.29. The molecule has 86 valence electrons. The van der Waals surface area contributed by atoms with E-state index in [0.717, 1.165) is 16.9 Å². The Bertz CT molecular complexity index is 597. The number of rotatable bonds is 1. The van der Waals surface area contributed by atoms with Crippen LogP contribution in [0.2, 0.25) is 0 Å². The van der Waals surface area contributed by atoms with Gasteiger partial charge in [0.2, 0.25) is 0 Å². The smallest absolute Gasteiger partial charge is 0.339 e. The largest absolute Gasteiger partial charge is 0.481 e. The molecule has 0 radical (unpaired) electrons. The maximum atomic E-state index is 11.1. The molecule has 0 aliphatic carbocycles. The molecule has 2 aromatic rings. The van der Waals surface area contributed by atoms with Gasteiger partial charge in [-0.1, -0.05) is 12.1 Å². The number of fused-ring (bicyclic) bond motifs is 3. The number of carboxylic acids is 1. The van der Waals surface area contributed by atoms with E-state index in [0.29, 0.717) is 5.75 Å². The highest BCUT2D eigenvalue weighted by molar-refractivity contribution is 5.95. The molecule has 0 spiro atoms. The third-order valence-corrected chi connectivity index (χ3v) is 2.89. The Labute approximate surface area is 97.4 Å². The molecule has 1 aromatic carbocycles. The summed E-state index contributed by atoms with van der Waals surface area (Å²) in [6.45, 7) is 1.84. The summed E-state index contributed by atoms with van der Waals surface area (Å²) in [5.74, 6) is 0.169. The van der Waals surface area contributed by atoms with Crippen LogP contribution in [0.5, 0.6) is 5.75 Å². The Morgan fingerprint density at radius 1 is 1.29 bits per heavy atom. The summed E-state index contributed by atoms with van der Waals surface area (Å²) in [5, 5.41) is 9.12. The van der Waals surface area contributed by atoms with Crippen LogP contribution in [0.1, 0.15) is 29.1 Å². The summed E-state index contributed by atoms with van der Waals surface area (Å²) in [5.41, 5.74) is 1.86. The van der Waals surface area contributed by atoms with Crippen molar-refractivity contribution in [1.29, 1.82) is 0 Å². The number of carboxylic acid groups (broad SMARTS) is 1. The first-order chi connectivity index (χ1) is 8.18. The zero-order valence-electron chi connectivity index (χ0n) is 9.14. The van der Waals surface area contributed by atoms with Crippen molar-refractivity contribution >= 4 is 5.97 Å². The molecule has 1 N–H and O–H groups in total. The number of furan rings is 1. The number of carbonyl (C=O) groups is 1. The molecule has 17 heavy (non-hydrogen) atoms. The molecule has 4 nitrogen and oxygen atoms in total. The average molecular weight is 230 g/mol. The predicted octanol–water partition coefficient (Wildman–Crippen LogP) is 3.10. The van der Waals surface area contributed by atoms with Crippen LogP contribution in [-0.2, 0) is 0 Å². The maximum absolute atomic E-state index is 11.1. The topological polar surface area (TPSA) is 59.7 Å². The van der Waals surface area contributed by atoms with E-state index in [1.165, 1.54) is 0 Å². The molecule has 4 heteroatoms. The Hall–Kier alpha value is -2.23. The van der Waals surface area contributed by atoms with Crippen LogP contribution in [0.25, 0.3) is 11.1 Å². The molecule has 0 amide bonds. The van der Waals surface area contributed by atoms with E-state index in [-0.39, 0.29) is 11.7 Å². The Morgan fingerprint density at radius 2 is 2.12 bits per heavy atom. The summed E-state index contributed by atoms with van der Waals surface area (Å²) >= 11 is 0. The normalized spacial score (nSPS) is 16.9. The molecule has 1 atom stereocenters. The molecule has 0 fully saturated rings. The summed E-state index contributed by atoms with van der Waals surface area (Å²) in [6, 6.07) is 6.91. The molecule has 1 aliphatic rings. The molecule has 3 rings (SSSR count). The number of hydrogen-bond donors (Lipinski definition) is 1. The number of para-hydroxylation sites is 1. The number of ether oxygens (including phenoxy) is 1. The van der Waals surface area contributed by atoms with E-state index in [1.54, 1.807) is 18.4 Å². The van der Waals surface area contributed by atoms with E-state index in [1.807, 2.05) is 19.1 Å². The van der Waals surface area contributed by atoms with Crippen molar-refractivity contribution in [2.75, 3.05) is 0 Å². The van der Waals surface area contributed by atoms with Crippen LogP contribution in [-0.4, -0.2) is 11.1 Å². The summed E-state index contributed by atoms with van der Waals surface area (Å²) < 4.78 is 11.0. The van der Waals surface area contributed by atoms with Gasteiger partial charge >= 0.3 is 5.97 Å². The summed E-state index contributed by atoms with van der Waals surface area (Å²) in [7, 11) is 0. The number of hydrogen-bond acceptors (Lipinski definition) is 3. The molecule has 1 aliphatic heterocycles. The first kappa shape index (κ1) is 9.96. The molecule has 0 unspecified atom stereocenters. The number of aromatic carboxylic acids is 1. The lowest BCUT2D eigenvalue weighted by molar-refractivity contribution is 0.0688. The number of benzene rings is 1. The minimum absolute atomic E-state index is 0.182. The monoisotopic (exact) mass is 230 g/mol. The fraction of sp³-hybridized carbons (Fsp3) is 0.154. The standard InChI is InChI=1S/C13H10O4/c1-7-11-9(5-6-16-11)8-3-2-4-10(13(14)15)12(8)17-7/h2-7H,1H3,(H,14,15)/t7-/m0/s1. The van der Waals surface area contributed by atoms with Crippen LogP contribution >= 0.6 is 0 Å². The van der Waals surface area contributed by atoms with Gasteiger partial charge in [0, 0.05) is 11.1 Å². The highest BCUT2D eigenvalue weighted by Gasteiger charge is 2.29. The van der Waals surface area contributed by atoms with Crippen molar-refractivity contribution in [2.24, 2.45) is 0 Å². The van der Waals surface area contributed by atoms with Gasteiger partial charge in [0.1, 0.15) is 11.3 Å². The zero-order valence-corrected chi connectivity index (χ0v) is 9.14. The van der Waals surface area contributed by atoms with Crippen molar-refractivity contribution < 1.29 is 19.1 Å². The summed E-state index contributed by atoms with van der Waals surface area (Å²) in [6.07, 6.45) is 1.32. The van der Waals surface area contributed by atoms with Crippen molar-refractivity contribution in [2.45, 2.75) is 13.0 Å². The lowest BCUT2D eigenvalue weighted by atomic mass is 9.97. The van der Waals surface area contributed by atoms with Gasteiger partial charge < -0.3 is 14.3 Å². The molecular formula is C13H10O4. The van der Waals surface area contributed by atoms with Crippen molar-refractivity contribution in [1.82, 2.24) is 0 Å². The first-order valence-corrected chi connectivity index (χ1v) is 5.29. The van der Waals surface area contributed by atoms with Gasteiger partial charge in [0.25, 0.3) is 0 Å². The van der Waals surface area contributed by atoms with Gasteiger partial charge in [0.15, 0.2) is 11.9 Å². The van der Waals surface area contributed by atoms with E-state index >= 15 is 0 Å². The average Bonchev–Trinajstić information content (AvgIpc) is 2.78. The van der Waals surface area contributed by atoms with E-state index in [2.05, 4.69) is 0 Å². The second kappa shape index (κ2) is 3.38. The van der Waals surface area contributed by atoms with Crippen LogP contribution in [0, 0.1) is 0 Å². The van der Waals surface area contributed by atoms with Gasteiger partial charge in [-0.2, -0.15) is 0 Å². The Balaban J connectivity index is 2.29. The van der Waals surface area contributed by atoms with Gasteiger partial charge in [-0.25, -0.2) is 4.79 Å². The van der Waals surface area contributed by atoms with Gasteiger partial charge in [0.05, 0.1) is 6.26 Å². The van der Waals surface area contributed by atoms with Gasteiger partial charge in [-0.15, -0.1) is 0 Å². The second-order valence-corrected chi connectivity index (χ2v) is 3.95. The molecule has 0 saturated heterocycles. The van der Waals surface area contributed by atoms with E-state index in [4.69, 9.17) is 14.3 Å². The van der Waals surface area contributed by atoms with E-state index < -0.39 is 5.97 Å². The van der Waals surface area contributed by atoms with Gasteiger partial charge in [-0.3, -0.25) is 0 Å². The summed E-state index contributed by atoms with van der Waals surface area (Å²) in [4.78, 5) is 11.1. The van der Waals surface area contributed by atoms with Crippen molar-refractivity contribution in [3.05, 3.63) is 41.9 Å². The minimum atomic E-state index is -0.985. The van der Waals surface area contributed by atoms with Crippen molar-refractivity contribution in [3.8, 4) is 16.9 Å². The SMILES string of the molecule is C[C@@H]1Oc2c(C(=O)O)cccc2-c2ccoc21. The molecular weight excluding hydrogens is 220 g/mol. The predicted molar refractivity (Wildman–Crippen MR) is 60.1 cm³/mol. The third kappa shape index (κ3) is 1.34. The quantitative estimate of drug-likeness (QED) is 0.817. The molecule has 0 saturated carbocycles. The minimum Gasteiger partial charge on any atom is -0.481 e. The van der Waals surface area contributed by atoms with Crippen LogP contribution in [0.15, 0.2) is 34.9 Å². The second-order valence-electron chi connectivity index (χ2n) is 3.95. The van der Waals surface area contributed by atoms with E-state index in [9.17, 15) is 4.79 Å². The Morgan fingerprint density at radius 3 is 2.88 bits per heavy atom. The fourth-order valence-corrected chi connectivity index (χ4v) is 2.13. The molecule has 2 heterocycles. The lowest BCUT2D eigenvalue weighted by Crippen LogP contribution is -2.12. The zero-order chi connectivity index (χ0) is 12.0.